The van der Waals surface area contributed by atoms with E-state index in [1.165, 1.54) is 18.3 Å². The number of benzene rings is 2. The van der Waals surface area contributed by atoms with E-state index in [0.717, 1.165) is 37.9 Å². The largest absolute Gasteiger partial charge is 0.493 e. The number of carboxylic acids is 1. The zero-order valence-corrected chi connectivity index (χ0v) is 27.2. The Kier molecular flexibility index (Phi) is 10.9. The Morgan fingerprint density at radius 3 is 2.26 bits per heavy atom. The van der Waals surface area contributed by atoms with Gasteiger partial charge in [0.05, 0.1) is 43.3 Å². The Balaban J connectivity index is 1.39. The number of aliphatic carboxylic acids is 1. The van der Waals surface area contributed by atoms with Crippen LogP contribution in [0.1, 0.15) is 54.6 Å². The van der Waals surface area contributed by atoms with Crippen LogP contribution in [0.3, 0.4) is 0 Å². The number of halogens is 1. The Morgan fingerprint density at radius 1 is 0.884 bits per heavy atom. The summed E-state index contributed by atoms with van der Waals surface area (Å²) in [7, 11) is 3.13. The van der Waals surface area contributed by atoms with E-state index < -0.39 is 11.9 Å². The molecule has 0 fully saturated rings. The number of hydrogen-bond donors (Lipinski definition) is 1. The molecule has 0 aliphatic heterocycles. The lowest BCUT2D eigenvalue weighted by Gasteiger charge is -2.14. The monoisotopic (exact) mass is 646 g/mol. The topological polar surface area (TPSA) is 108 Å². The fourth-order valence-electron chi connectivity index (χ4n) is 4.46. The van der Waals surface area contributed by atoms with Gasteiger partial charge in [-0.1, -0.05) is 25.4 Å². The molecule has 11 heteroatoms. The van der Waals surface area contributed by atoms with E-state index in [4.69, 9.17) is 35.7 Å². The zero-order chi connectivity index (χ0) is 31.3. The normalized spacial score (nSPS) is 12.7. The van der Waals surface area contributed by atoms with Crippen LogP contribution < -0.4 is 18.9 Å². The molecule has 0 radical (unpaired) electrons. The van der Waals surface area contributed by atoms with E-state index >= 15 is 0 Å². The number of ether oxygens (including phenoxy) is 4. The number of hydrogen-bond acceptors (Lipinski definition) is 9. The lowest BCUT2D eigenvalue weighted by atomic mass is 10.0. The molecule has 8 nitrogen and oxygen atoms in total. The number of carbonyl (C=O) groups excluding carboxylic acids is 2. The van der Waals surface area contributed by atoms with Gasteiger partial charge in [0, 0.05) is 50.6 Å². The lowest BCUT2D eigenvalue weighted by Crippen LogP contribution is -2.13. The maximum Gasteiger partial charge on any atom is 0.306 e. The first kappa shape index (κ1) is 32.6. The molecule has 4 rings (SSSR count). The van der Waals surface area contributed by atoms with Gasteiger partial charge in [0.1, 0.15) is 5.78 Å². The van der Waals surface area contributed by atoms with Crippen LogP contribution in [0.5, 0.6) is 23.0 Å². The Bertz CT molecular complexity index is 1640. The van der Waals surface area contributed by atoms with Gasteiger partial charge < -0.3 is 24.1 Å². The van der Waals surface area contributed by atoms with E-state index in [1.807, 2.05) is 25.1 Å². The fourth-order valence-corrected chi connectivity index (χ4v) is 6.96. The van der Waals surface area contributed by atoms with Gasteiger partial charge in [-0.15, -0.1) is 22.7 Å². The van der Waals surface area contributed by atoms with Crippen LogP contribution in [-0.2, 0) is 16.0 Å². The van der Waals surface area contributed by atoms with Gasteiger partial charge in [-0.3, -0.25) is 14.4 Å². The van der Waals surface area contributed by atoms with Crippen LogP contribution >= 0.6 is 34.3 Å². The van der Waals surface area contributed by atoms with Gasteiger partial charge in [0.15, 0.2) is 28.8 Å². The molecule has 0 saturated heterocycles. The average molecular weight is 647 g/mol. The van der Waals surface area contributed by atoms with Crippen molar-refractivity contribution in [3.63, 3.8) is 0 Å². The van der Waals surface area contributed by atoms with Gasteiger partial charge in [-0.25, -0.2) is 0 Å². The third-order valence-corrected chi connectivity index (χ3v) is 9.91. The van der Waals surface area contributed by atoms with Crippen molar-refractivity contribution >= 4 is 72.0 Å². The summed E-state index contributed by atoms with van der Waals surface area (Å²) in [5.41, 5.74) is 0. The molecule has 0 aliphatic rings. The predicted octanol–water partition coefficient (Wildman–Crippen LogP) is 8.09. The Labute approximate surface area is 263 Å². The molecule has 0 bridgehead atoms. The highest BCUT2D eigenvalue weighted by Crippen LogP contribution is 2.44. The minimum Gasteiger partial charge on any atom is -0.493 e. The first-order valence-electron chi connectivity index (χ1n) is 13.9. The number of Topliss-reactive ketones (excluding diaryl/α,β-unsaturated/α-hetero) is 2. The quantitative estimate of drug-likeness (QED) is 0.0961. The van der Waals surface area contributed by atoms with Crippen molar-refractivity contribution in [1.29, 1.82) is 0 Å². The summed E-state index contributed by atoms with van der Waals surface area (Å²) in [6.45, 7) is 5.76. The lowest BCUT2D eigenvalue weighted by molar-refractivity contribution is -0.141. The maximum atomic E-state index is 12.6. The van der Waals surface area contributed by atoms with Gasteiger partial charge in [0.2, 0.25) is 0 Å². The number of aryl methyl sites for hydroxylation is 1. The molecule has 0 aliphatic carbocycles. The second-order valence-corrected chi connectivity index (χ2v) is 13.1. The Hall–Kier alpha value is -3.34. The SMILES string of the molecule is COc1cc2sc(C(=O)C[C@H](C)C(=O)O)cc2cc1OCCCOc1c(OC)cc2sc(CC[C@H](C)C(C)=O)cc2c1Cl. The van der Waals surface area contributed by atoms with Crippen LogP contribution in [-0.4, -0.2) is 50.1 Å². The first-order chi connectivity index (χ1) is 20.5. The highest BCUT2D eigenvalue weighted by Gasteiger charge is 2.20. The highest BCUT2D eigenvalue weighted by molar-refractivity contribution is 7.21. The van der Waals surface area contributed by atoms with E-state index in [1.54, 1.807) is 38.5 Å². The van der Waals surface area contributed by atoms with Crippen LogP contribution in [0.2, 0.25) is 5.02 Å². The van der Waals surface area contributed by atoms with E-state index in [0.29, 0.717) is 52.5 Å². The second kappa shape index (κ2) is 14.4. The van der Waals surface area contributed by atoms with Crippen LogP contribution in [0.4, 0.5) is 0 Å². The number of thiophene rings is 2. The molecule has 2 aromatic heterocycles. The maximum absolute atomic E-state index is 12.6. The number of carbonyl (C=O) groups is 3. The minimum atomic E-state index is -0.996. The molecule has 2 atom stereocenters. The molecular weight excluding hydrogens is 612 g/mol. The van der Waals surface area contributed by atoms with Crippen molar-refractivity contribution in [3.05, 3.63) is 45.1 Å². The van der Waals surface area contributed by atoms with E-state index in [9.17, 15) is 14.4 Å². The number of methoxy groups -OCH3 is 2. The van der Waals surface area contributed by atoms with Crippen molar-refractivity contribution in [1.82, 2.24) is 0 Å². The van der Waals surface area contributed by atoms with Gasteiger partial charge in [-0.05, 0) is 43.4 Å². The Morgan fingerprint density at radius 2 is 1.58 bits per heavy atom. The summed E-state index contributed by atoms with van der Waals surface area (Å²) in [6, 6.07) is 9.39. The second-order valence-electron chi connectivity index (χ2n) is 10.5. The fraction of sp³-hybridized carbons (Fsp3) is 0.406. The molecule has 230 valence electrons. The van der Waals surface area contributed by atoms with Crippen molar-refractivity contribution in [2.75, 3.05) is 27.4 Å². The minimum absolute atomic E-state index is 0.0181. The average Bonchev–Trinajstić information content (AvgIpc) is 3.59. The van der Waals surface area contributed by atoms with E-state index in [-0.39, 0.29) is 23.9 Å². The number of carboxylic acid groups (broad SMARTS) is 1. The smallest absolute Gasteiger partial charge is 0.306 e. The summed E-state index contributed by atoms with van der Waals surface area (Å²) >= 11 is 9.71. The molecule has 0 spiro atoms. The molecule has 1 N–H and O–H groups in total. The van der Waals surface area contributed by atoms with Gasteiger partial charge in [-0.2, -0.15) is 0 Å². The molecule has 2 aromatic carbocycles. The van der Waals surface area contributed by atoms with Crippen molar-refractivity contribution in [2.45, 2.75) is 46.5 Å². The summed E-state index contributed by atoms with van der Waals surface area (Å²) < 4.78 is 25.0. The molecular formula is C32H35ClO8S2. The molecule has 0 amide bonds. The summed E-state index contributed by atoms with van der Waals surface area (Å²) in [5, 5.41) is 11.3. The number of fused-ring (bicyclic) bond motifs is 2. The number of rotatable bonds is 16. The van der Waals surface area contributed by atoms with Crippen molar-refractivity contribution < 1.29 is 38.4 Å². The third kappa shape index (κ3) is 7.79. The summed E-state index contributed by atoms with van der Waals surface area (Å²) in [4.78, 5) is 37.0. The first-order valence-corrected chi connectivity index (χ1v) is 16.0. The van der Waals surface area contributed by atoms with Crippen LogP contribution in [0, 0.1) is 11.8 Å². The third-order valence-electron chi connectivity index (χ3n) is 7.25. The summed E-state index contributed by atoms with van der Waals surface area (Å²) in [6.07, 6.45) is 2.08. The van der Waals surface area contributed by atoms with Crippen molar-refractivity contribution in [2.24, 2.45) is 11.8 Å². The highest BCUT2D eigenvalue weighted by atomic mass is 35.5. The molecule has 4 aromatic rings. The summed E-state index contributed by atoms with van der Waals surface area (Å²) in [5.74, 6) is 0.359. The number of ketones is 2. The van der Waals surface area contributed by atoms with Crippen LogP contribution in [0.25, 0.3) is 20.2 Å². The molecule has 0 saturated carbocycles. The standard InChI is InChI=1S/C32H35ClO8S2/c1-17(19(3)34)7-8-21-14-22-28(42-21)16-26(39-5)31(30(22)33)41-10-6-9-40-25-12-20-13-29(23(35)11-18(2)32(36)37)43-27(20)15-24(25)38-4/h12-18H,6-11H2,1-5H3,(H,36,37)/t17-,18-/m0/s1. The molecule has 43 heavy (non-hydrogen) atoms. The van der Waals surface area contributed by atoms with Crippen molar-refractivity contribution in [3.8, 4) is 23.0 Å². The van der Waals surface area contributed by atoms with Gasteiger partial charge in [0.25, 0.3) is 0 Å². The van der Waals surface area contributed by atoms with Gasteiger partial charge >= 0.3 is 5.97 Å². The molecule has 0 unspecified atom stereocenters. The van der Waals surface area contributed by atoms with Crippen LogP contribution in [0.15, 0.2) is 30.3 Å². The predicted molar refractivity (Wildman–Crippen MR) is 171 cm³/mol. The van der Waals surface area contributed by atoms with E-state index in [2.05, 4.69) is 6.07 Å². The molecule has 2 heterocycles. The zero-order valence-electron chi connectivity index (χ0n) is 24.8.